The molecule has 0 radical (unpaired) electrons. The number of nitrogens with zero attached hydrogens (tertiary/aromatic N) is 3. The molecule has 6 heteroatoms. The van der Waals surface area contributed by atoms with E-state index in [2.05, 4.69) is 20.2 Å². The minimum Gasteiger partial charge on any atom is -0.481 e. The molecule has 1 aromatic carbocycles. The van der Waals surface area contributed by atoms with Gasteiger partial charge in [-0.25, -0.2) is 9.97 Å². The van der Waals surface area contributed by atoms with Crippen molar-refractivity contribution < 1.29 is 9.53 Å². The number of anilines is 1. The van der Waals surface area contributed by atoms with E-state index < -0.39 is 6.10 Å². The Bertz CT molecular complexity index is 715. The maximum Gasteiger partial charge on any atom is 0.261 e. The zero-order valence-corrected chi connectivity index (χ0v) is 14.7. The summed E-state index contributed by atoms with van der Waals surface area (Å²) >= 11 is 0. The van der Waals surface area contributed by atoms with Crippen LogP contribution in [-0.4, -0.2) is 35.1 Å². The second-order valence-electron chi connectivity index (χ2n) is 6.29. The highest BCUT2D eigenvalue weighted by atomic mass is 16.5. The maximum atomic E-state index is 12.3. The summed E-state index contributed by atoms with van der Waals surface area (Å²) < 4.78 is 5.64. The van der Waals surface area contributed by atoms with E-state index in [1.54, 1.807) is 6.92 Å². The molecule has 1 saturated heterocycles. The summed E-state index contributed by atoms with van der Waals surface area (Å²) in [4.78, 5) is 23.6. The normalized spacial score (nSPS) is 15.0. The molecule has 2 aromatic rings. The minimum absolute atomic E-state index is 0.164. The van der Waals surface area contributed by atoms with Crippen LogP contribution in [-0.2, 0) is 11.3 Å². The monoisotopic (exact) mass is 340 g/mol. The first kappa shape index (κ1) is 17.2. The Hall–Kier alpha value is -2.63. The van der Waals surface area contributed by atoms with Gasteiger partial charge in [0.15, 0.2) is 6.10 Å². The van der Waals surface area contributed by atoms with E-state index in [9.17, 15) is 4.79 Å². The van der Waals surface area contributed by atoms with Crippen LogP contribution in [0.3, 0.4) is 0 Å². The van der Waals surface area contributed by atoms with Gasteiger partial charge in [0.05, 0.1) is 12.2 Å². The van der Waals surface area contributed by atoms with Gasteiger partial charge in [0.25, 0.3) is 5.91 Å². The summed E-state index contributed by atoms with van der Waals surface area (Å²) in [6, 6.07) is 11.2. The summed E-state index contributed by atoms with van der Waals surface area (Å²) in [7, 11) is 0. The third kappa shape index (κ3) is 4.68. The number of hydrogen-bond acceptors (Lipinski definition) is 5. The van der Waals surface area contributed by atoms with Gasteiger partial charge in [0.2, 0.25) is 5.95 Å². The van der Waals surface area contributed by atoms with Gasteiger partial charge in [-0.2, -0.15) is 0 Å². The van der Waals surface area contributed by atoms with Crippen molar-refractivity contribution in [2.45, 2.75) is 39.3 Å². The number of aromatic nitrogens is 2. The van der Waals surface area contributed by atoms with Crippen molar-refractivity contribution in [1.82, 2.24) is 15.3 Å². The van der Waals surface area contributed by atoms with Crippen LogP contribution in [0.5, 0.6) is 5.75 Å². The van der Waals surface area contributed by atoms with E-state index in [0.717, 1.165) is 30.4 Å². The molecule has 1 aliphatic rings. The average molecular weight is 340 g/mol. The number of nitrogens with one attached hydrogen (secondary N) is 1. The van der Waals surface area contributed by atoms with Crippen LogP contribution in [0.4, 0.5) is 5.95 Å². The highest BCUT2D eigenvalue weighted by molar-refractivity contribution is 5.80. The molecule has 25 heavy (non-hydrogen) atoms. The first-order valence-corrected chi connectivity index (χ1v) is 8.71. The molecule has 0 bridgehead atoms. The van der Waals surface area contributed by atoms with E-state index in [1.807, 2.05) is 43.3 Å². The number of aryl methyl sites for hydroxylation is 1. The van der Waals surface area contributed by atoms with Crippen molar-refractivity contribution in [3.8, 4) is 5.75 Å². The highest BCUT2D eigenvalue weighted by Crippen LogP contribution is 2.16. The lowest BCUT2D eigenvalue weighted by molar-refractivity contribution is -0.127. The highest BCUT2D eigenvalue weighted by Gasteiger charge is 2.17. The standard InChI is InChI=1S/C19H24N4O2/c1-14-12-16(22-19(21-14)23-10-6-7-11-23)13-20-18(24)15(2)25-17-8-4-3-5-9-17/h3-5,8-9,12,15H,6-7,10-11,13H2,1-2H3,(H,20,24). The quantitative estimate of drug-likeness (QED) is 0.875. The minimum atomic E-state index is -0.566. The average Bonchev–Trinajstić information content (AvgIpc) is 3.15. The Labute approximate surface area is 148 Å². The third-order valence-electron chi connectivity index (χ3n) is 4.15. The summed E-state index contributed by atoms with van der Waals surface area (Å²) in [6.45, 7) is 6.05. The Morgan fingerprint density at radius 1 is 1.24 bits per heavy atom. The second-order valence-corrected chi connectivity index (χ2v) is 6.29. The van der Waals surface area contributed by atoms with Crippen molar-refractivity contribution in [1.29, 1.82) is 0 Å². The number of para-hydroxylation sites is 1. The molecule has 0 aliphatic carbocycles. The molecule has 1 unspecified atom stereocenters. The van der Waals surface area contributed by atoms with Crippen molar-refractivity contribution in [2.75, 3.05) is 18.0 Å². The molecule has 1 aromatic heterocycles. The van der Waals surface area contributed by atoms with E-state index in [1.165, 1.54) is 12.8 Å². The molecule has 0 saturated carbocycles. The Kier molecular flexibility index (Phi) is 5.48. The van der Waals surface area contributed by atoms with Crippen LogP contribution in [0.25, 0.3) is 0 Å². The van der Waals surface area contributed by atoms with Crippen LogP contribution in [0.1, 0.15) is 31.2 Å². The summed E-state index contributed by atoms with van der Waals surface area (Å²) in [5.41, 5.74) is 1.73. The SMILES string of the molecule is Cc1cc(CNC(=O)C(C)Oc2ccccc2)nc(N2CCCC2)n1. The van der Waals surface area contributed by atoms with E-state index >= 15 is 0 Å². The fourth-order valence-corrected chi connectivity index (χ4v) is 2.84. The summed E-state index contributed by atoms with van der Waals surface area (Å²) in [5.74, 6) is 1.28. The molecule has 1 N–H and O–H groups in total. The zero-order valence-electron chi connectivity index (χ0n) is 14.7. The maximum absolute atomic E-state index is 12.3. The predicted octanol–water partition coefficient (Wildman–Crippen LogP) is 2.47. The van der Waals surface area contributed by atoms with Crippen LogP contribution in [0, 0.1) is 6.92 Å². The molecular weight excluding hydrogens is 316 g/mol. The summed E-state index contributed by atoms with van der Waals surface area (Å²) in [5, 5.41) is 2.89. The lowest BCUT2D eigenvalue weighted by Gasteiger charge is -2.17. The van der Waals surface area contributed by atoms with Crippen molar-refractivity contribution in [3.05, 3.63) is 47.8 Å². The first-order valence-electron chi connectivity index (χ1n) is 8.71. The van der Waals surface area contributed by atoms with Crippen molar-refractivity contribution in [3.63, 3.8) is 0 Å². The van der Waals surface area contributed by atoms with Gasteiger partial charge in [0, 0.05) is 18.8 Å². The largest absolute Gasteiger partial charge is 0.481 e. The van der Waals surface area contributed by atoms with Crippen molar-refractivity contribution >= 4 is 11.9 Å². The number of carbonyl (C=O) groups is 1. The van der Waals surface area contributed by atoms with Crippen LogP contribution >= 0.6 is 0 Å². The first-order chi connectivity index (χ1) is 12.1. The lowest BCUT2D eigenvalue weighted by Crippen LogP contribution is -2.36. The predicted molar refractivity (Wildman–Crippen MR) is 96.6 cm³/mol. The molecule has 132 valence electrons. The van der Waals surface area contributed by atoms with Gasteiger partial charge in [-0.3, -0.25) is 4.79 Å². The Morgan fingerprint density at radius 2 is 1.96 bits per heavy atom. The van der Waals surface area contributed by atoms with Gasteiger partial charge in [0.1, 0.15) is 5.75 Å². The zero-order chi connectivity index (χ0) is 17.6. The number of ether oxygens (including phenoxy) is 1. The molecule has 1 amide bonds. The molecule has 1 aliphatic heterocycles. The topological polar surface area (TPSA) is 67.3 Å². The Balaban J connectivity index is 1.58. The number of amides is 1. The van der Waals surface area contributed by atoms with Gasteiger partial charge >= 0.3 is 0 Å². The molecule has 1 atom stereocenters. The van der Waals surface area contributed by atoms with Gasteiger partial charge in [-0.05, 0) is 44.9 Å². The molecular formula is C19H24N4O2. The van der Waals surface area contributed by atoms with Gasteiger partial charge in [-0.15, -0.1) is 0 Å². The number of rotatable bonds is 6. The smallest absolute Gasteiger partial charge is 0.261 e. The lowest BCUT2D eigenvalue weighted by atomic mass is 10.3. The number of benzene rings is 1. The van der Waals surface area contributed by atoms with Crippen LogP contribution < -0.4 is 15.0 Å². The summed E-state index contributed by atoms with van der Waals surface area (Å²) in [6.07, 6.45) is 1.79. The number of carbonyl (C=O) groups excluding carboxylic acids is 1. The van der Waals surface area contributed by atoms with E-state index in [4.69, 9.17) is 4.74 Å². The van der Waals surface area contributed by atoms with Gasteiger partial charge in [-0.1, -0.05) is 18.2 Å². The molecule has 1 fully saturated rings. The van der Waals surface area contributed by atoms with Crippen molar-refractivity contribution in [2.24, 2.45) is 0 Å². The molecule has 0 spiro atoms. The second kappa shape index (κ2) is 7.96. The molecule has 2 heterocycles. The van der Waals surface area contributed by atoms with Crippen LogP contribution in [0.15, 0.2) is 36.4 Å². The van der Waals surface area contributed by atoms with E-state index in [-0.39, 0.29) is 5.91 Å². The number of hydrogen-bond donors (Lipinski definition) is 1. The fourth-order valence-electron chi connectivity index (χ4n) is 2.84. The third-order valence-corrected chi connectivity index (χ3v) is 4.15. The fraction of sp³-hybridized carbons (Fsp3) is 0.421. The van der Waals surface area contributed by atoms with Crippen LogP contribution in [0.2, 0.25) is 0 Å². The Morgan fingerprint density at radius 3 is 2.68 bits per heavy atom. The molecule has 6 nitrogen and oxygen atoms in total. The van der Waals surface area contributed by atoms with Gasteiger partial charge < -0.3 is 15.0 Å². The van der Waals surface area contributed by atoms with E-state index in [0.29, 0.717) is 12.3 Å². The molecule has 3 rings (SSSR count).